The molecule has 0 saturated heterocycles. The summed E-state index contributed by atoms with van der Waals surface area (Å²) in [7, 11) is 1.97. The Balaban J connectivity index is 2.21. The third-order valence-electron chi connectivity index (χ3n) is 3.73. The Labute approximate surface area is 124 Å². The average molecular weight is 278 g/mol. The van der Waals surface area contributed by atoms with Crippen molar-refractivity contribution < 1.29 is 0 Å². The lowest BCUT2D eigenvalue weighted by Crippen LogP contribution is -2.20. The summed E-state index contributed by atoms with van der Waals surface area (Å²) in [4.78, 5) is 4.44. The summed E-state index contributed by atoms with van der Waals surface area (Å²) < 4.78 is 0. The molecule has 0 radical (unpaired) electrons. The van der Waals surface area contributed by atoms with Crippen molar-refractivity contribution in [2.45, 2.75) is 19.9 Å². The van der Waals surface area contributed by atoms with Crippen LogP contribution in [0.15, 0.2) is 42.6 Å². The van der Waals surface area contributed by atoms with Gasteiger partial charge in [-0.25, -0.2) is 0 Å². The lowest BCUT2D eigenvalue weighted by molar-refractivity contribution is 0.680. The number of benzene rings is 1. The summed E-state index contributed by atoms with van der Waals surface area (Å²) in [5, 5.41) is 12.9. The maximum absolute atomic E-state index is 4.44. The zero-order valence-corrected chi connectivity index (χ0v) is 12.5. The zero-order chi connectivity index (χ0) is 14.8. The number of aryl methyl sites for hydroxylation is 2. The van der Waals surface area contributed by atoms with Crippen molar-refractivity contribution in [2.75, 3.05) is 7.05 Å². The van der Waals surface area contributed by atoms with Crippen LogP contribution >= 0.6 is 0 Å². The smallest absolute Gasteiger partial charge is 0.0705 e. The molecule has 2 heterocycles. The quantitative estimate of drug-likeness (QED) is 0.800. The van der Waals surface area contributed by atoms with E-state index < -0.39 is 0 Å². The fourth-order valence-corrected chi connectivity index (χ4v) is 2.72. The van der Waals surface area contributed by atoms with Gasteiger partial charge in [-0.15, -0.1) is 0 Å². The van der Waals surface area contributed by atoms with Gasteiger partial charge in [0.1, 0.15) is 0 Å². The third kappa shape index (κ3) is 2.50. The van der Waals surface area contributed by atoms with Crippen molar-refractivity contribution in [3.8, 4) is 0 Å². The number of aromatic nitrogens is 3. The first-order chi connectivity index (χ1) is 10.2. The minimum Gasteiger partial charge on any atom is -0.309 e. The van der Waals surface area contributed by atoms with Crippen LogP contribution in [-0.2, 0) is 0 Å². The van der Waals surface area contributed by atoms with Crippen molar-refractivity contribution >= 4 is 10.9 Å². The molecule has 0 aliphatic carbocycles. The molecule has 0 spiro atoms. The molecule has 1 atom stereocenters. The molecule has 2 aromatic heterocycles. The van der Waals surface area contributed by atoms with Crippen LogP contribution in [0.1, 0.15) is 28.6 Å². The van der Waals surface area contributed by atoms with Gasteiger partial charge < -0.3 is 5.32 Å². The molecule has 3 rings (SSSR count). The summed E-state index contributed by atoms with van der Waals surface area (Å²) in [6.07, 6.45) is 1.82. The second-order valence-electron chi connectivity index (χ2n) is 5.17. The number of hydrogen-bond donors (Lipinski definition) is 1. The Kier molecular flexibility index (Phi) is 3.62. The molecule has 4 nitrogen and oxygen atoms in total. The molecule has 0 aliphatic rings. The van der Waals surface area contributed by atoms with E-state index in [1.807, 2.05) is 45.3 Å². The van der Waals surface area contributed by atoms with Crippen molar-refractivity contribution in [3.63, 3.8) is 0 Å². The van der Waals surface area contributed by atoms with Gasteiger partial charge in [0.25, 0.3) is 0 Å². The Hall–Kier alpha value is -2.33. The number of nitrogens with zero attached hydrogens (tertiary/aromatic N) is 3. The number of fused-ring (bicyclic) bond motifs is 1. The highest BCUT2D eigenvalue weighted by Crippen LogP contribution is 2.29. The molecule has 3 aromatic rings. The molecule has 21 heavy (non-hydrogen) atoms. The standard InChI is InChI=1S/C17H18N4/c1-11-10-15(12(2)21-20-11)17(18-3)14-6-4-8-16-13(14)7-5-9-19-16/h4-10,17-18H,1-3H3. The first-order valence-electron chi connectivity index (χ1n) is 7.02. The topological polar surface area (TPSA) is 50.7 Å². The molecule has 0 fully saturated rings. The molecule has 1 aromatic carbocycles. The lowest BCUT2D eigenvalue weighted by Gasteiger charge is -2.20. The van der Waals surface area contributed by atoms with Gasteiger partial charge in [0.15, 0.2) is 0 Å². The maximum Gasteiger partial charge on any atom is 0.0705 e. The first kappa shape index (κ1) is 13.6. The SMILES string of the molecule is CNC(c1cc(C)nnc1C)c1cccc2ncccc12. The minimum absolute atomic E-state index is 0.0760. The number of pyridine rings is 1. The van der Waals surface area contributed by atoms with Crippen molar-refractivity contribution in [2.24, 2.45) is 0 Å². The number of rotatable bonds is 3. The summed E-state index contributed by atoms with van der Waals surface area (Å²) in [6, 6.07) is 12.5. The predicted octanol–water partition coefficient (Wildman–Crippen LogP) is 2.95. The van der Waals surface area contributed by atoms with E-state index >= 15 is 0 Å². The van der Waals surface area contributed by atoms with Gasteiger partial charge in [-0.3, -0.25) is 4.98 Å². The van der Waals surface area contributed by atoms with Gasteiger partial charge in [0.05, 0.1) is 22.9 Å². The molecule has 4 heteroatoms. The summed E-state index contributed by atoms with van der Waals surface area (Å²) in [6.45, 7) is 3.96. The van der Waals surface area contributed by atoms with Crippen LogP contribution in [0.4, 0.5) is 0 Å². The largest absolute Gasteiger partial charge is 0.309 e. The van der Waals surface area contributed by atoms with E-state index in [1.54, 1.807) is 0 Å². The van der Waals surface area contributed by atoms with E-state index in [2.05, 4.69) is 38.7 Å². The monoisotopic (exact) mass is 278 g/mol. The van der Waals surface area contributed by atoms with Crippen molar-refractivity contribution in [1.29, 1.82) is 0 Å². The number of hydrogen-bond acceptors (Lipinski definition) is 4. The van der Waals surface area contributed by atoms with Gasteiger partial charge >= 0.3 is 0 Å². The van der Waals surface area contributed by atoms with Crippen LogP contribution in [0.5, 0.6) is 0 Å². The molecule has 0 saturated carbocycles. The minimum atomic E-state index is 0.0760. The Morgan fingerprint density at radius 2 is 1.86 bits per heavy atom. The van der Waals surface area contributed by atoms with E-state index in [9.17, 15) is 0 Å². The van der Waals surface area contributed by atoms with Crippen LogP contribution in [-0.4, -0.2) is 22.2 Å². The van der Waals surface area contributed by atoms with Gasteiger partial charge in [-0.1, -0.05) is 18.2 Å². The maximum atomic E-state index is 4.44. The molecular weight excluding hydrogens is 260 g/mol. The molecule has 106 valence electrons. The van der Waals surface area contributed by atoms with Gasteiger partial charge in [-0.2, -0.15) is 10.2 Å². The fraction of sp³-hybridized carbons (Fsp3) is 0.235. The molecule has 0 amide bonds. The summed E-state index contributed by atoms with van der Waals surface area (Å²) in [5.41, 5.74) is 5.24. The lowest BCUT2D eigenvalue weighted by atomic mass is 9.94. The average Bonchev–Trinajstić information content (AvgIpc) is 2.51. The Morgan fingerprint density at radius 3 is 2.67 bits per heavy atom. The second kappa shape index (κ2) is 5.58. The molecule has 1 unspecified atom stereocenters. The Morgan fingerprint density at radius 1 is 1.00 bits per heavy atom. The molecule has 0 aliphatic heterocycles. The second-order valence-corrected chi connectivity index (χ2v) is 5.17. The van der Waals surface area contributed by atoms with Crippen LogP contribution in [0, 0.1) is 13.8 Å². The first-order valence-corrected chi connectivity index (χ1v) is 7.02. The highest BCUT2D eigenvalue weighted by molar-refractivity contribution is 5.83. The van der Waals surface area contributed by atoms with E-state index in [0.717, 1.165) is 27.9 Å². The van der Waals surface area contributed by atoms with Gasteiger partial charge in [0, 0.05) is 11.6 Å². The molecular formula is C17H18N4. The normalized spacial score (nSPS) is 12.5. The van der Waals surface area contributed by atoms with Crippen LogP contribution in [0.25, 0.3) is 10.9 Å². The highest BCUT2D eigenvalue weighted by Gasteiger charge is 2.18. The predicted molar refractivity (Wildman–Crippen MR) is 84.2 cm³/mol. The summed E-state index contributed by atoms with van der Waals surface area (Å²) >= 11 is 0. The van der Waals surface area contributed by atoms with Gasteiger partial charge in [-0.05, 0) is 50.2 Å². The van der Waals surface area contributed by atoms with Gasteiger partial charge in [0.2, 0.25) is 0 Å². The van der Waals surface area contributed by atoms with Crippen molar-refractivity contribution in [1.82, 2.24) is 20.5 Å². The number of nitrogens with one attached hydrogen (secondary N) is 1. The van der Waals surface area contributed by atoms with Crippen LogP contribution < -0.4 is 5.32 Å². The van der Waals surface area contributed by atoms with E-state index in [1.165, 1.54) is 5.56 Å². The molecule has 0 bridgehead atoms. The Bertz CT molecular complexity index is 777. The molecule has 1 N–H and O–H groups in total. The third-order valence-corrected chi connectivity index (χ3v) is 3.73. The van der Waals surface area contributed by atoms with Crippen LogP contribution in [0.3, 0.4) is 0 Å². The van der Waals surface area contributed by atoms with Crippen molar-refractivity contribution in [3.05, 3.63) is 65.1 Å². The van der Waals surface area contributed by atoms with E-state index in [4.69, 9.17) is 0 Å². The fourth-order valence-electron chi connectivity index (χ4n) is 2.72. The van der Waals surface area contributed by atoms with Crippen LogP contribution in [0.2, 0.25) is 0 Å². The van der Waals surface area contributed by atoms with E-state index in [-0.39, 0.29) is 6.04 Å². The highest BCUT2D eigenvalue weighted by atomic mass is 15.1. The van der Waals surface area contributed by atoms with E-state index in [0.29, 0.717) is 0 Å². The summed E-state index contributed by atoms with van der Waals surface area (Å²) in [5.74, 6) is 0. The zero-order valence-electron chi connectivity index (χ0n) is 12.5.